The zero-order chi connectivity index (χ0) is 42.1. The minimum atomic E-state index is -7.22. The van der Waals surface area contributed by atoms with E-state index in [1.165, 1.54) is 0 Å². The van der Waals surface area contributed by atoms with Crippen LogP contribution in [0.25, 0.3) is 0 Å². The summed E-state index contributed by atoms with van der Waals surface area (Å²) < 4.78 is 296. The van der Waals surface area contributed by atoms with Crippen LogP contribution in [0.15, 0.2) is 12.2 Å². The summed E-state index contributed by atoms with van der Waals surface area (Å²) in [6.07, 6.45) is -3.17. The maximum atomic E-state index is 15.4. The van der Waals surface area contributed by atoms with E-state index in [1.807, 2.05) is 6.08 Å². The highest BCUT2D eigenvalue weighted by Crippen LogP contribution is 2.30. The number of amidine groups is 1. The summed E-state index contributed by atoms with van der Waals surface area (Å²) in [5, 5.41) is 0. The van der Waals surface area contributed by atoms with Gasteiger partial charge in [0.15, 0.2) is 69.8 Å². The summed E-state index contributed by atoms with van der Waals surface area (Å²) >= 11 is 0. The van der Waals surface area contributed by atoms with Gasteiger partial charge in [0.1, 0.15) is 59.2 Å². The predicted molar refractivity (Wildman–Crippen MR) is 152 cm³/mol. The van der Waals surface area contributed by atoms with Crippen molar-refractivity contribution in [1.82, 2.24) is 0 Å². The Balaban J connectivity index is 0.000000583. The molecule has 0 spiro atoms. The molecule has 0 amide bonds. The Bertz CT molecular complexity index is 1970. The van der Waals surface area contributed by atoms with Gasteiger partial charge in [-0.2, -0.15) is 0 Å². The van der Waals surface area contributed by atoms with Crippen LogP contribution in [0.5, 0.6) is 0 Å². The molecule has 296 valence electrons. The van der Waals surface area contributed by atoms with Gasteiger partial charge in [0.2, 0.25) is 0 Å². The molecule has 4 aromatic carbocycles. The van der Waals surface area contributed by atoms with Gasteiger partial charge in [-0.25, -0.2) is 87.8 Å². The molecule has 1 aliphatic heterocycles. The first-order valence-electron chi connectivity index (χ1n) is 14.5. The lowest BCUT2D eigenvalue weighted by molar-refractivity contribution is -0.585. The summed E-state index contributed by atoms with van der Waals surface area (Å²) in [7, 11) is 0. The Morgan fingerprint density at radius 3 is 0.691 bits per heavy atom. The molecule has 0 bridgehead atoms. The Kier molecular flexibility index (Phi) is 11.2. The van der Waals surface area contributed by atoms with Gasteiger partial charge in [-0.15, -0.1) is 21.9 Å². The second-order valence-electron chi connectivity index (χ2n) is 12.4. The topological polar surface area (TPSA) is 29.0 Å². The minimum Gasteiger partial charge on any atom is -0.287 e. The molecule has 0 aromatic heterocycles. The SMILES string of the molecule is CC(C)(C)[N+]1=C(N)C=CC1.Fc1c(F)c(F)c([B-](c2c(F)c(F)c(F)c(F)c2F)(c2c(F)c(F)c(F)c(F)c2F)c2c(F)c(F)c(F)c(F)c2F)c(F)c1F. The second-order valence-corrected chi connectivity index (χ2v) is 12.4. The van der Waals surface area contributed by atoms with Crippen LogP contribution in [0.1, 0.15) is 20.8 Å². The standard InChI is InChI=1S/C24BF20.C8H14N2/c26-5-1(6(27)14(35)21(42)13(5)34)25(2-7(28)15(36)22(43)16(37)8(2)29,3-9(30)17(38)23(44)18(39)10(3)31)4-11(32)19(40)24(45)20(41)12(4)33;1-8(2,3)10-6-4-5-7(10)9/h;4-5,9H,6H2,1-3H3/q-1;/p+1. The number of halogens is 20. The molecular formula is C32H15BF20N2. The number of benzene rings is 4. The zero-order valence-corrected chi connectivity index (χ0v) is 27.0. The molecule has 0 saturated carbocycles. The van der Waals surface area contributed by atoms with E-state index in [9.17, 15) is 52.7 Å². The summed E-state index contributed by atoms with van der Waals surface area (Å²) in [5.74, 6) is -70.5. The van der Waals surface area contributed by atoms with Crippen LogP contribution in [0, 0.1) is 116 Å². The molecule has 2 nitrogen and oxygen atoms in total. The van der Waals surface area contributed by atoms with Crippen LogP contribution in [0.2, 0.25) is 0 Å². The number of nitrogens with zero attached hydrogens (tertiary/aromatic N) is 1. The zero-order valence-electron chi connectivity index (χ0n) is 27.0. The van der Waals surface area contributed by atoms with Gasteiger partial charge in [0.05, 0.1) is 5.54 Å². The molecule has 2 N–H and O–H groups in total. The molecule has 0 radical (unpaired) electrons. The third-order valence-electron chi connectivity index (χ3n) is 8.41. The van der Waals surface area contributed by atoms with Crippen LogP contribution in [0.3, 0.4) is 0 Å². The molecule has 4 aromatic rings. The Hall–Kier alpha value is -5.25. The van der Waals surface area contributed by atoms with Crippen molar-refractivity contribution >= 4 is 33.8 Å². The predicted octanol–water partition coefficient (Wildman–Crippen LogP) is 6.57. The van der Waals surface area contributed by atoms with E-state index in [0.717, 1.165) is 12.4 Å². The molecule has 1 heterocycles. The first kappa shape index (κ1) is 42.5. The van der Waals surface area contributed by atoms with Gasteiger partial charge >= 0.3 is 0 Å². The highest BCUT2D eigenvalue weighted by Gasteiger charge is 2.52. The molecule has 0 fully saturated rings. The maximum absolute atomic E-state index is 15.4. The highest BCUT2D eigenvalue weighted by molar-refractivity contribution is 7.20. The molecule has 0 unspecified atom stereocenters. The van der Waals surface area contributed by atoms with Crippen molar-refractivity contribution in [2.45, 2.75) is 26.3 Å². The van der Waals surface area contributed by atoms with Crippen molar-refractivity contribution in [2.75, 3.05) is 6.54 Å². The third kappa shape index (κ3) is 6.23. The largest absolute Gasteiger partial charge is 0.287 e. The second kappa shape index (κ2) is 14.4. The van der Waals surface area contributed by atoms with Crippen molar-refractivity contribution in [3.8, 4) is 0 Å². The smallest absolute Gasteiger partial charge is 0.268 e. The number of hydrogen-bond donors (Lipinski definition) is 1. The van der Waals surface area contributed by atoms with E-state index < -0.39 is 144 Å². The molecule has 0 aliphatic carbocycles. The average Bonchev–Trinajstić information content (AvgIpc) is 3.58. The van der Waals surface area contributed by atoms with Gasteiger partial charge in [-0.1, -0.05) is 0 Å². The molecule has 0 saturated heterocycles. The van der Waals surface area contributed by atoms with Crippen molar-refractivity contribution in [2.24, 2.45) is 5.73 Å². The number of rotatable bonds is 4. The van der Waals surface area contributed by atoms with Crippen LogP contribution in [-0.2, 0) is 0 Å². The Morgan fingerprint density at radius 1 is 0.382 bits per heavy atom. The number of hydrogen-bond acceptors (Lipinski definition) is 1. The van der Waals surface area contributed by atoms with E-state index in [2.05, 4.69) is 31.4 Å². The van der Waals surface area contributed by atoms with Gasteiger partial charge in [0, 0.05) is 6.08 Å². The minimum absolute atomic E-state index is 0.160. The van der Waals surface area contributed by atoms with Gasteiger partial charge in [0.25, 0.3) is 5.84 Å². The van der Waals surface area contributed by atoms with E-state index in [1.54, 1.807) is 0 Å². The first-order valence-corrected chi connectivity index (χ1v) is 14.5. The number of nitrogens with two attached hydrogens (primary N) is 1. The summed E-state index contributed by atoms with van der Waals surface area (Å²) in [4.78, 5) is 0. The molecule has 1 aliphatic rings. The van der Waals surface area contributed by atoms with E-state index in [0.29, 0.717) is 0 Å². The fourth-order valence-electron chi connectivity index (χ4n) is 6.01. The monoisotopic (exact) mass is 818 g/mol. The van der Waals surface area contributed by atoms with Crippen molar-refractivity contribution in [3.05, 3.63) is 128 Å². The normalized spacial score (nSPS) is 13.2. The molecule has 0 atom stereocenters. The van der Waals surface area contributed by atoms with E-state index in [4.69, 9.17) is 5.73 Å². The fraction of sp³-hybridized carbons (Fsp3) is 0.156. The lowest BCUT2D eigenvalue weighted by Crippen LogP contribution is -2.81. The van der Waals surface area contributed by atoms with Crippen LogP contribution >= 0.6 is 0 Å². The summed E-state index contributed by atoms with van der Waals surface area (Å²) in [6.45, 7) is 7.43. The molecule has 55 heavy (non-hydrogen) atoms. The first-order chi connectivity index (χ1) is 25.2. The summed E-state index contributed by atoms with van der Waals surface area (Å²) in [6, 6.07) is 0. The maximum Gasteiger partial charge on any atom is 0.268 e. The van der Waals surface area contributed by atoms with Gasteiger partial charge in [-0.3, -0.25) is 10.3 Å². The van der Waals surface area contributed by atoms with Gasteiger partial charge < -0.3 is 0 Å². The molecule has 23 heteroatoms. The van der Waals surface area contributed by atoms with Crippen molar-refractivity contribution in [3.63, 3.8) is 0 Å². The van der Waals surface area contributed by atoms with Crippen LogP contribution in [-0.4, -0.2) is 28.6 Å². The fourth-order valence-corrected chi connectivity index (χ4v) is 6.01. The van der Waals surface area contributed by atoms with Crippen LogP contribution in [0.4, 0.5) is 87.8 Å². The van der Waals surface area contributed by atoms with E-state index >= 15 is 35.1 Å². The van der Waals surface area contributed by atoms with E-state index in [-0.39, 0.29) is 5.54 Å². The lowest BCUT2D eigenvalue weighted by Gasteiger charge is -2.44. The van der Waals surface area contributed by atoms with Crippen molar-refractivity contribution < 1.29 is 92.4 Å². The average molecular weight is 818 g/mol. The molecular weight excluding hydrogens is 803 g/mol. The molecule has 5 rings (SSSR count). The highest BCUT2D eigenvalue weighted by atomic mass is 19.2. The van der Waals surface area contributed by atoms with Gasteiger partial charge in [-0.05, 0) is 26.8 Å². The summed E-state index contributed by atoms with van der Waals surface area (Å²) in [5.41, 5.74) is -8.45. The Morgan fingerprint density at radius 2 is 0.564 bits per heavy atom. The lowest BCUT2D eigenvalue weighted by atomic mass is 9.12. The third-order valence-corrected chi connectivity index (χ3v) is 8.41. The Labute approximate surface area is 293 Å². The van der Waals surface area contributed by atoms with Crippen LogP contribution < -0.4 is 27.6 Å². The quantitative estimate of drug-likeness (QED) is 0.0817. The van der Waals surface area contributed by atoms with Crippen molar-refractivity contribution in [1.29, 1.82) is 0 Å².